The van der Waals surface area contributed by atoms with Crippen molar-refractivity contribution < 1.29 is 14.6 Å². The molecule has 2 unspecified atom stereocenters. The van der Waals surface area contributed by atoms with Crippen molar-refractivity contribution in [3.63, 3.8) is 0 Å². The Bertz CT molecular complexity index is 606. The molecule has 5 heteroatoms. The Morgan fingerprint density at radius 2 is 1.86 bits per heavy atom. The van der Waals surface area contributed by atoms with Crippen LogP contribution in [0, 0.1) is 0 Å². The molecule has 4 nitrogen and oxygen atoms in total. The molecule has 0 aliphatic rings. The Morgan fingerprint density at radius 1 is 1.14 bits per heavy atom. The van der Waals surface area contributed by atoms with E-state index >= 15 is 0 Å². The molecule has 0 bridgehead atoms. The number of hydrogen-bond acceptors (Lipinski definition) is 4. The minimum atomic E-state index is -0.728. The van der Waals surface area contributed by atoms with Crippen LogP contribution in [-0.4, -0.2) is 31.9 Å². The van der Waals surface area contributed by atoms with Gasteiger partial charge >= 0.3 is 0 Å². The monoisotopic (exact) mass is 321 g/mol. The lowest BCUT2D eigenvalue weighted by molar-refractivity contribution is 0.0354. The molecule has 0 fully saturated rings. The number of rotatable bonds is 7. The SMILES string of the molecule is CNCC(O)C(Oc1ccccc1OC)c1cccc(Cl)c1. The number of ether oxygens (including phenoxy) is 2. The number of nitrogens with one attached hydrogen (secondary N) is 1. The van der Waals surface area contributed by atoms with Gasteiger partial charge in [-0.3, -0.25) is 0 Å². The second kappa shape index (κ2) is 8.03. The highest BCUT2D eigenvalue weighted by molar-refractivity contribution is 6.30. The minimum absolute atomic E-state index is 0.395. The van der Waals surface area contributed by atoms with E-state index in [9.17, 15) is 5.11 Å². The number of methoxy groups -OCH3 is 1. The van der Waals surface area contributed by atoms with Crippen molar-refractivity contribution in [1.82, 2.24) is 5.32 Å². The molecule has 0 spiro atoms. The van der Waals surface area contributed by atoms with Gasteiger partial charge in [0, 0.05) is 11.6 Å². The van der Waals surface area contributed by atoms with Crippen molar-refractivity contribution in [3.05, 3.63) is 59.1 Å². The molecular weight excluding hydrogens is 302 g/mol. The Balaban J connectivity index is 2.32. The average Bonchev–Trinajstić information content (AvgIpc) is 2.53. The van der Waals surface area contributed by atoms with Crippen LogP contribution in [0.4, 0.5) is 0 Å². The number of aliphatic hydroxyl groups excluding tert-OH is 1. The highest BCUT2D eigenvalue weighted by Gasteiger charge is 2.24. The van der Waals surface area contributed by atoms with E-state index in [4.69, 9.17) is 21.1 Å². The van der Waals surface area contributed by atoms with Crippen molar-refractivity contribution in [3.8, 4) is 11.5 Å². The summed E-state index contributed by atoms with van der Waals surface area (Å²) in [7, 11) is 3.36. The predicted octanol–water partition coefficient (Wildman–Crippen LogP) is 3.05. The Morgan fingerprint density at radius 3 is 2.50 bits per heavy atom. The summed E-state index contributed by atoms with van der Waals surface area (Å²) in [4.78, 5) is 0. The fraction of sp³-hybridized carbons (Fsp3) is 0.294. The van der Waals surface area contributed by atoms with Crippen LogP contribution in [0.15, 0.2) is 48.5 Å². The maximum Gasteiger partial charge on any atom is 0.162 e. The summed E-state index contributed by atoms with van der Waals surface area (Å²) in [6, 6.07) is 14.6. The van der Waals surface area contributed by atoms with Gasteiger partial charge in [-0.2, -0.15) is 0 Å². The molecule has 118 valence electrons. The van der Waals surface area contributed by atoms with Crippen molar-refractivity contribution in [2.24, 2.45) is 0 Å². The number of likely N-dealkylation sites (N-methyl/N-ethyl adjacent to an activating group) is 1. The number of aliphatic hydroxyl groups is 1. The number of halogens is 1. The largest absolute Gasteiger partial charge is 0.493 e. The van der Waals surface area contributed by atoms with Crippen LogP contribution in [0.5, 0.6) is 11.5 Å². The summed E-state index contributed by atoms with van der Waals surface area (Å²) in [6.07, 6.45) is -1.28. The minimum Gasteiger partial charge on any atom is -0.493 e. The molecule has 22 heavy (non-hydrogen) atoms. The van der Waals surface area contributed by atoms with Crippen LogP contribution in [0.2, 0.25) is 5.02 Å². The van der Waals surface area contributed by atoms with E-state index in [1.165, 1.54) is 0 Å². The summed E-state index contributed by atoms with van der Waals surface area (Å²) in [6.45, 7) is 0.395. The third kappa shape index (κ3) is 4.13. The zero-order valence-electron chi connectivity index (χ0n) is 12.6. The molecule has 0 amide bonds. The van der Waals surface area contributed by atoms with Gasteiger partial charge in [-0.05, 0) is 36.9 Å². The maximum atomic E-state index is 10.4. The molecule has 0 saturated heterocycles. The van der Waals surface area contributed by atoms with Crippen LogP contribution in [0.25, 0.3) is 0 Å². The first kappa shape index (κ1) is 16.6. The highest BCUT2D eigenvalue weighted by atomic mass is 35.5. The fourth-order valence-corrected chi connectivity index (χ4v) is 2.42. The van der Waals surface area contributed by atoms with Gasteiger partial charge in [-0.25, -0.2) is 0 Å². The van der Waals surface area contributed by atoms with Gasteiger partial charge in [0.2, 0.25) is 0 Å². The molecule has 2 aromatic rings. The van der Waals surface area contributed by atoms with Gasteiger partial charge < -0.3 is 19.9 Å². The molecular formula is C17H20ClNO3. The van der Waals surface area contributed by atoms with Crippen LogP contribution in [0.1, 0.15) is 11.7 Å². The molecule has 0 heterocycles. The molecule has 0 aliphatic carbocycles. The van der Waals surface area contributed by atoms with E-state index in [0.717, 1.165) is 5.56 Å². The molecule has 2 aromatic carbocycles. The lowest BCUT2D eigenvalue weighted by Gasteiger charge is -2.25. The molecule has 2 N–H and O–H groups in total. The summed E-state index contributed by atoms with van der Waals surface area (Å²) < 4.78 is 11.3. The van der Waals surface area contributed by atoms with Crippen molar-refractivity contribution in [2.75, 3.05) is 20.7 Å². The van der Waals surface area contributed by atoms with Gasteiger partial charge in [-0.15, -0.1) is 0 Å². The van der Waals surface area contributed by atoms with Crippen molar-refractivity contribution in [2.45, 2.75) is 12.2 Å². The van der Waals surface area contributed by atoms with Crippen molar-refractivity contribution in [1.29, 1.82) is 0 Å². The van der Waals surface area contributed by atoms with Gasteiger partial charge in [0.1, 0.15) is 6.10 Å². The average molecular weight is 322 g/mol. The third-order valence-electron chi connectivity index (χ3n) is 3.26. The van der Waals surface area contributed by atoms with Crippen LogP contribution >= 0.6 is 11.6 Å². The zero-order chi connectivity index (χ0) is 15.9. The third-order valence-corrected chi connectivity index (χ3v) is 3.50. The van der Waals surface area contributed by atoms with E-state index in [2.05, 4.69) is 5.32 Å². The summed E-state index contributed by atoms with van der Waals surface area (Å²) in [5.41, 5.74) is 0.807. The maximum absolute atomic E-state index is 10.4. The van der Waals surface area contributed by atoms with E-state index < -0.39 is 12.2 Å². The lowest BCUT2D eigenvalue weighted by atomic mass is 10.0. The lowest BCUT2D eigenvalue weighted by Crippen LogP contribution is -2.32. The molecule has 2 rings (SSSR count). The number of hydrogen-bond donors (Lipinski definition) is 2. The first-order valence-corrected chi connectivity index (χ1v) is 7.41. The standard InChI is InChI=1S/C17H20ClNO3/c1-19-11-14(20)17(12-6-5-7-13(18)10-12)22-16-9-4-3-8-15(16)21-2/h3-10,14,17,19-20H,11H2,1-2H3. The molecule has 0 aromatic heterocycles. The number of benzene rings is 2. The predicted molar refractivity (Wildman–Crippen MR) is 87.7 cm³/mol. The Labute approximate surface area is 135 Å². The quantitative estimate of drug-likeness (QED) is 0.823. The van der Waals surface area contributed by atoms with E-state index in [1.54, 1.807) is 26.3 Å². The second-order valence-electron chi connectivity index (χ2n) is 4.87. The van der Waals surface area contributed by atoms with Crippen molar-refractivity contribution >= 4 is 11.6 Å². The highest BCUT2D eigenvalue weighted by Crippen LogP contribution is 2.32. The Hall–Kier alpha value is -1.75. The first-order valence-electron chi connectivity index (χ1n) is 7.03. The van der Waals surface area contributed by atoms with E-state index in [1.807, 2.05) is 36.4 Å². The second-order valence-corrected chi connectivity index (χ2v) is 5.31. The van der Waals surface area contributed by atoms with Gasteiger partial charge in [-0.1, -0.05) is 35.9 Å². The van der Waals surface area contributed by atoms with Gasteiger partial charge in [0.15, 0.2) is 17.6 Å². The number of para-hydroxylation sites is 2. The fourth-order valence-electron chi connectivity index (χ4n) is 2.22. The van der Waals surface area contributed by atoms with Gasteiger partial charge in [0.05, 0.1) is 7.11 Å². The molecule has 2 atom stereocenters. The van der Waals surface area contributed by atoms with Crippen LogP contribution in [-0.2, 0) is 0 Å². The topological polar surface area (TPSA) is 50.7 Å². The molecule has 0 saturated carbocycles. The normalized spacial score (nSPS) is 13.5. The summed E-state index contributed by atoms with van der Waals surface area (Å²) in [5, 5.41) is 14.0. The van der Waals surface area contributed by atoms with Crippen LogP contribution < -0.4 is 14.8 Å². The van der Waals surface area contributed by atoms with Gasteiger partial charge in [0.25, 0.3) is 0 Å². The molecule has 0 radical (unpaired) electrons. The zero-order valence-corrected chi connectivity index (χ0v) is 13.4. The molecule has 0 aliphatic heterocycles. The van der Waals surface area contributed by atoms with E-state index in [0.29, 0.717) is 23.1 Å². The Kier molecular flexibility index (Phi) is 6.07. The summed E-state index contributed by atoms with van der Waals surface area (Å²) in [5.74, 6) is 1.19. The first-order chi connectivity index (χ1) is 10.7. The van der Waals surface area contributed by atoms with E-state index in [-0.39, 0.29) is 0 Å². The summed E-state index contributed by atoms with van der Waals surface area (Å²) >= 11 is 6.05. The van der Waals surface area contributed by atoms with Crippen LogP contribution in [0.3, 0.4) is 0 Å². The smallest absolute Gasteiger partial charge is 0.162 e.